The van der Waals surface area contributed by atoms with Gasteiger partial charge in [-0.05, 0) is 42.4 Å². The van der Waals surface area contributed by atoms with Gasteiger partial charge in [0.05, 0.1) is 0 Å². The highest BCUT2D eigenvalue weighted by Gasteiger charge is 2.30. The number of aliphatic hydroxyl groups excluding tert-OH is 1. The Labute approximate surface area is 89.3 Å². The maximum absolute atomic E-state index is 13.1. The molecule has 1 nitrogen and oxygen atoms in total. The summed E-state index contributed by atoms with van der Waals surface area (Å²) in [6.45, 7) is 4.10. The van der Waals surface area contributed by atoms with Crippen molar-refractivity contribution in [1.29, 1.82) is 0 Å². The molecule has 1 N–H and O–H groups in total. The Morgan fingerprint density at radius 2 is 2.20 bits per heavy atom. The molecular weight excluding hydrogens is 191 g/mol. The molecule has 0 spiro atoms. The minimum absolute atomic E-state index is 0.153. The Hall–Kier alpha value is -1.15. The number of allylic oxidation sites excluding steroid dienone is 1. The van der Waals surface area contributed by atoms with Crippen LogP contribution in [0, 0.1) is 11.7 Å². The van der Waals surface area contributed by atoms with Crippen molar-refractivity contribution in [3.8, 4) is 0 Å². The highest BCUT2D eigenvalue weighted by molar-refractivity contribution is 5.26. The number of hydrogen-bond acceptors (Lipinski definition) is 1. The lowest BCUT2D eigenvalue weighted by Crippen LogP contribution is -2.10. The van der Waals surface area contributed by atoms with Gasteiger partial charge in [-0.15, -0.1) is 0 Å². The highest BCUT2D eigenvalue weighted by Crippen LogP contribution is 2.41. The number of aliphatic hydroxyl groups is 1. The molecule has 0 saturated heterocycles. The van der Waals surface area contributed by atoms with E-state index in [1.807, 2.05) is 6.07 Å². The Kier molecular flexibility index (Phi) is 2.87. The van der Waals surface area contributed by atoms with Gasteiger partial charge in [0.2, 0.25) is 0 Å². The number of benzene rings is 1. The summed E-state index contributed by atoms with van der Waals surface area (Å²) in [7, 11) is 0. The third-order valence-electron chi connectivity index (χ3n) is 3.14. The van der Waals surface area contributed by atoms with Gasteiger partial charge in [0.25, 0.3) is 0 Å². The summed E-state index contributed by atoms with van der Waals surface area (Å²) < 4.78 is 13.1. The van der Waals surface area contributed by atoms with Crippen molar-refractivity contribution in [2.45, 2.75) is 18.8 Å². The van der Waals surface area contributed by atoms with Gasteiger partial charge in [0.1, 0.15) is 5.82 Å². The van der Waals surface area contributed by atoms with Crippen LogP contribution in [0.15, 0.2) is 36.4 Å². The van der Waals surface area contributed by atoms with Crippen molar-refractivity contribution >= 4 is 0 Å². The summed E-state index contributed by atoms with van der Waals surface area (Å²) in [5, 5.41) is 9.25. The first kappa shape index (κ1) is 10.4. The van der Waals surface area contributed by atoms with Crippen LogP contribution in [0.5, 0.6) is 0 Å². The van der Waals surface area contributed by atoms with Gasteiger partial charge in [0.15, 0.2) is 0 Å². The predicted octanol–water partition coefficient (Wildman–Crippen LogP) is 2.87. The van der Waals surface area contributed by atoms with Crippen LogP contribution in [0.25, 0.3) is 0 Å². The average molecular weight is 206 g/mol. The third-order valence-corrected chi connectivity index (χ3v) is 3.14. The van der Waals surface area contributed by atoms with Gasteiger partial charge in [-0.3, -0.25) is 0 Å². The molecule has 2 atom stereocenters. The van der Waals surface area contributed by atoms with Gasteiger partial charge in [-0.25, -0.2) is 4.39 Å². The minimum atomic E-state index is -0.207. The molecule has 80 valence electrons. The van der Waals surface area contributed by atoms with Gasteiger partial charge in [-0.2, -0.15) is 0 Å². The second kappa shape index (κ2) is 4.15. The van der Waals surface area contributed by atoms with Gasteiger partial charge in [-0.1, -0.05) is 24.3 Å². The fraction of sp³-hybridized carbons (Fsp3) is 0.385. The summed E-state index contributed by atoms with van der Waals surface area (Å²) in [6.07, 6.45) is 1.73. The highest BCUT2D eigenvalue weighted by atomic mass is 19.1. The minimum Gasteiger partial charge on any atom is -0.396 e. The third kappa shape index (κ3) is 2.10. The lowest BCUT2D eigenvalue weighted by molar-refractivity contribution is 0.218. The van der Waals surface area contributed by atoms with E-state index >= 15 is 0 Å². The van der Waals surface area contributed by atoms with Crippen LogP contribution in [-0.4, -0.2) is 11.7 Å². The molecule has 0 radical (unpaired) electrons. The lowest BCUT2D eigenvalue weighted by atomic mass is 9.89. The van der Waals surface area contributed by atoms with Crippen molar-refractivity contribution in [2.75, 3.05) is 6.61 Å². The van der Waals surface area contributed by atoms with E-state index in [0.29, 0.717) is 0 Å². The molecule has 0 amide bonds. The van der Waals surface area contributed by atoms with Crippen LogP contribution >= 0.6 is 0 Å². The van der Waals surface area contributed by atoms with Crippen LogP contribution in [0.2, 0.25) is 0 Å². The van der Waals surface area contributed by atoms with Gasteiger partial charge in [0, 0.05) is 6.61 Å². The normalized spacial score (nSPS) is 25.9. The molecule has 2 rings (SSSR count). The van der Waals surface area contributed by atoms with Gasteiger partial charge < -0.3 is 5.11 Å². The monoisotopic (exact) mass is 206 g/mol. The van der Waals surface area contributed by atoms with E-state index in [9.17, 15) is 9.50 Å². The first-order valence-corrected chi connectivity index (χ1v) is 5.23. The standard InChI is InChI=1S/C13H15FO/c1-9-5-11(8-15)13(6-9)10-3-2-4-12(14)7-10/h2-4,7,11,13,15H,1,5-6,8H2/t11-,13-/m1/s1. The van der Waals surface area contributed by atoms with E-state index in [1.165, 1.54) is 6.07 Å². The summed E-state index contributed by atoms with van der Waals surface area (Å²) in [4.78, 5) is 0. The van der Waals surface area contributed by atoms with Crippen LogP contribution in [0.1, 0.15) is 24.3 Å². The van der Waals surface area contributed by atoms with Crippen molar-refractivity contribution in [3.63, 3.8) is 0 Å². The van der Waals surface area contributed by atoms with E-state index < -0.39 is 0 Å². The van der Waals surface area contributed by atoms with Crippen LogP contribution in [-0.2, 0) is 0 Å². The fourth-order valence-electron chi connectivity index (χ4n) is 2.39. The lowest BCUT2D eigenvalue weighted by Gasteiger charge is -2.17. The van der Waals surface area contributed by atoms with E-state index in [-0.39, 0.29) is 24.3 Å². The summed E-state index contributed by atoms with van der Waals surface area (Å²) >= 11 is 0. The summed E-state index contributed by atoms with van der Waals surface area (Å²) in [5.41, 5.74) is 2.14. The Morgan fingerprint density at radius 3 is 2.87 bits per heavy atom. The number of halogens is 1. The molecule has 0 heterocycles. The molecule has 1 aliphatic rings. The zero-order valence-corrected chi connectivity index (χ0v) is 8.62. The van der Waals surface area contributed by atoms with Crippen molar-refractivity contribution in [2.24, 2.45) is 5.92 Å². The van der Waals surface area contributed by atoms with E-state index in [1.54, 1.807) is 12.1 Å². The van der Waals surface area contributed by atoms with Crippen LogP contribution in [0.3, 0.4) is 0 Å². The molecule has 1 aromatic carbocycles. The van der Waals surface area contributed by atoms with Crippen molar-refractivity contribution < 1.29 is 9.50 Å². The molecule has 1 aromatic rings. The van der Waals surface area contributed by atoms with Crippen LogP contribution in [0.4, 0.5) is 4.39 Å². The van der Waals surface area contributed by atoms with Crippen LogP contribution < -0.4 is 0 Å². The molecule has 1 saturated carbocycles. The predicted molar refractivity (Wildman–Crippen MR) is 58.1 cm³/mol. The molecule has 15 heavy (non-hydrogen) atoms. The number of rotatable bonds is 2. The molecule has 1 aliphatic carbocycles. The topological polar surface area (TPSA) is 20.2 Å². The van der Waals surface area contributed by atoms with E-state index in [0.717, 1.165) is 24.0 Å². The largest absolute Gasteiger partial charge is 0.396 e. The Bertz CT molecular complexity index is 373. The van der Waals surface area contributed by atoms with Crippen molar-refractivity contribution in [3.05, 3.63) is 47.8 Å². The fourth-order valence-corrected chi connectivity index (χ4v) is 2.39. The molecule has 2 heteroatoms. The van der Waals surface area contributed by atoms with Crippen molar-refractivity contribution in [1.82, 2.24) is 0 Å². The second-order valence-corrected chi connectivity index (χ2v) is 4.26. The Balaban J connectivity index is 2.26. The average Bonchev–Trinajstić information content (AvgIpc) is 2.59. The summed E-state index contributed by atoms with van der Waals surface area (Å²) in [6, 6.07) is 6.66. The maximum Gasteiger partial charge on any atom is 0.123 e. The molecule has 0 unspecified atom stereocenters. The quantitative estimate of drug-likeness (QED) is 0.738. The zero-order chi connectivity index (χ0) is 10.8. The molecule has 0 bridgehead atoms. The van der Waals surface area contributed by atoms with E-state index in [4.69, 9.17) is 0 Å². The molecule has 0 aromatic heterocycles. The first-order chi connectivity index (χ1) is 7.20. The SMILES string of the molecule is C=C1C[C@H](CO)[C@@H](c2cccc(F)c2)C1. The molecule has 1 fully saturated rings. The van der Waals surface area contributed by atoms with E-state index in [2.05, 4.69) is 6.58 Å². The first-order valence-electron chi connectivity index (χ1n) is 5.23. The zero-order valence-electron chi connectivity index (χ0n) is 8.62. The Morgan fingerprint density at radius 1 is 1.40 bits per heavy atom. The van der Waals surface area contributed by atoms with Gasteiger partial charge >= 0.3 is 0 Å². The number of hydrogen-bond donors (Lipinski definition) is 1. The second-order valence-electron chi connectivity index (χ2n) is 4.26. The smallest absolute Gasteiger partial charge is 0.123 e. The molecule has 0 aliphatic heterocycles. The summed E-state index contributed by atoms with van der Waals surface area (Å²) in [5.74, 6) is 0.235. The molecular formula is C13H15FO. The maximum atomic E-state index is 13.1.